The van der Waals surface area contributed by atoms with Crippen LogP contribution in [0, 0.1) is 0 Å². The molecule has 32 valence electrons. The molecule has 0 fully saturated rings. The maximum atomic E-state index is 8.50. The minimum absolute atomic E-state index is 1.00. The third-order valence-electron chi connectivity index (χ3n) is 0.591. The van der Waals surface area contributed by atoms with Gasteiger partial charge in [0.25, 0.3) is 0 Å². The van der Waals surface area contributed by atoms with Crippen LogP contribution in [-0.4, -0.2) is 13.8 Å². The lowest BCUT2D eigenvalue weighted by molar-refractivity contribution is 0.579. The molecule has 0 rings (SSSR count). The first-order valence-corrected chi connectivity index (χ1v) is 4.44. The maximum Gasteiger partial charge on any atom is 0.169 e. The summed E-state index contributed by atoms with van der Waals surface area (Å²) in [4.78, 5) is 8.50. The molecule has 0 saturated heterocycles. The van der Waals surface area contributed by atoms with E-state index < -0.39 is 9.04 Å². The highest BCUT2D eigenvalue weighted by atomic mass is 28.3. The molecule has 1 atom stereocenters. The van der Waals surface area contributed by atoms with Crippen LogP contribution >= 0.6 is 0 Å². The van der Waals surface area contributed by atoms with Crippen LogP contribution in [0.5, 0.6) is 0 Å². The van der Waals surface area contributed by atoms with Gasteiger partial charge in [-0.1, -0.05) is 6.92 Å². The average Bonchev–Trinajstić information content (AvgIpc) is 1.38. The number of hydrogen-bond acceptors (Lipinski definition) is 1. The van der Waals surface area contributed by atoms with Gasteiger partial charge in [0.1, 0.15) is 0 Å². The SMILES string of the molecule is CC[SiH](C)O. The Balaban J connectivity index is 2.54. The fraction of sp³-hybridized carbons (Fsp3) is 1.00. The van der Waals surface area contributed by atoms with Gasteiger partial charge in [0, 0.05) is 0 Å². The van der Waals surface area contributed by atoms with E-state index in [0.29, 0.717) is 0 Å². The molecule has 1 nitrogen and oxygen atoms in total. The molecule has 0 amide bonds. The molecule has 2 heteroatoms. The summed E-state index contributed by atoms with van der Waals surface area (Å²) in [6.45, 7) is 3.93. The van der Waals surface area contributed by atoms with Gasteiger partial charge in [0.2, 0.25) is 0 Å². The van der Waals surface area contributed by atoms with E-state index in [2.05, 4.69) is 0 Å². The zero-order chi connectivity index (χ0) is 4.28. The van der Waals surface area contributed by atoms with Crippen LogP contribution in [0.3, 0.4) is 0 Å². The molecule has 0 aliphatic rings. The molecule has 1 unspecified atom stereocenters. The zero-order valence-corrected chi connectivity index (χ0v) is 4.89. The Kier molecular flexibility index (Phi) is 2.50. The van der Waals surface area contributed by atoms with Gasteiger partial charge >= 0.3 is 0 Å². The van der Waals surface area contributed by atoms with E-state index in [1.807, 2.05) is 13.5 Å². The highest BCUT2D eigenvalue weighted by molar-refractivity contribution is 6.48. The van der Waals surface area contributed by atoms with Crippen molar-refractivity contribution in [2.24, 2.45) is 0 Å². The summed E-state index contributed by atoms with van der Waals surface area (Å²) < 4.78 is 0. The molecular formula is C3H10OSi. The van der Waals surface area contributed by atoms with Crippen LogP contribution in [0.25, 0.3) is 0 Å². The van der Waals surface area contributed by atoms with Gasteiger partial charge in [0.15, 0.2) is 9.04 Å². The molecule has 0 aromatic heterocycles. The van der Waals surface area contributed by atoms with Crippen molar-refractivity contribution in [3.63, 3.8) is 0 Å². The van der Waals surface area contributed by atoms with Gasteiger partial charge in [-0.05, 0) is 12.6 Å². The lowest BCUT2D eigenvalue weighted by Gasteiger charge is -1.87. The molecule has 0 aromatic carbocycles. The summed E-state index contributed by atoms with van der Waals surface area (Å²) in [6.07, 6.45) is 0. The molecule has 0 heterocycles. The molecule has 0 aromatic rings. The van der Waals surface area contributed by atoms with Crippen molar-refractivity contribution in [3.8, 4) is 0 Å². The molecule has 0 spiro atoms. The quantitative estimate of drug-likeness (QED) is 0.461. The van der Waals surface area contributed by atoms with Crippen molar-refractivity contribution in [3.05, 3.63) is 0 Å². The third kappa shape index (κ3) is 4.18. The summed E-state index contributed by atoms with van der Waals surface area (Å²) in [5, 5.41) is 0. The summed E-state index contributed by atoms with van der Waals surface area (Å²) in [7, 11) is -1.15. The molecular weight excluding hydrogens is 80.1 g/mol. The first-order valence-electron chi connectivity index (χ1n) is 1.95. The Bertz CT molecular complexity index is 20.9. The van der Waals surface area contributed by atoms with Gasteiger partial charge in [-0.2, -0.15) is 0 Å². The second-order valence-corrected chi connectivity index (χ2v) is 3.77. The zero-order valence-electron chi connectivity index (χ0n) is 3.73. The predicted molar refractivity (Wildman–Crippen MR) is 25.7 cm³/mol. The Morgan fingerprint density at radius 3 is 2.00 bits per heavy atom. The van der Waals surface area contributed by atoms with Crippen molar-refractivity contribution in [1.29, 1.82) is 0 Å². The Morgan fingerprint density at radius 2 is 2.00 bits per heavy atom. The van der Waals surface area contributed by atoms with Crippen molar-refractivity contribution in [2.45, 2.75) is 19.5 Å². The Morgan fingerprint density at radius 1 is 1.80 bits per heavy atom. The molecule has 0 aliphatic heterocycles. The maximum absolute atomic E-state index is 8.50. The van der Waals surface area contributed by atoms with Crippen molar-refractivity contribution in [2.75, 3.05) is 0 Å². The van der Waals surface area contributed by atoms with Crippen molar-refractivity contribution in [1.82, 2.24) is 0 Å². The first-order chi connectivity index (χ1) is 2.27. The van der Waals surface area contributed by atoms with E-state index in [1.54, 1.807) is 0 Å². The van der Waals surface area contributed by atoms with Crippen molar-refractivity contribution < 1.29 is 4.80 Å². The smallest absolute Gasteiger partial charge is 0.169 e. The highest BCUT2D eigenvalue weighted by Crippen LogP contribution is 1.78. The van der Waals surface area contributed by atoms with Crippen LogP contribution in [-0.2, 0) is 0 Å². The molecule has 0 saturated carbocycles. The molecule has 0 bridgehead atoms. The second-order valence-electron chi connectivity index (χ2n) is 1.26. The standard InChI is InChI=1S/C3H10OSi/c1-3-5(2)4/h4-5H,3H2,1-2H3. The predicted octanol–water partition coefficient (Wildman–Crippen LogP) is 0.352. The van der Waals surface area contributed by atoms with Crippen LogP contribution in [0.15, 0.2) is 0 Å². The van der Waals surface area contributed by atoms with Gasteiger partial charge in [-0.3, -0.25) is 0 Å². The Hall–Kier alpha value is 0.177. The van der Waals surface area contributed by atoms with E-state index in [-0.39, 0.29) is 0 Å². The number of hydrogen-bond donors (Lipinski definition) is 1. The summed E-state index contributed by atoms with van der Waals surface area (Å²) in [5.74, 6) is 0. The highest BCUT2D eigenvalue weighted by Gasteiger charge is 1.86. The largest absolute Gasteiger partial charge is 0.435 e. The van der Waals surface area contributed by atoms with Crippen molar-refractivity contribution >= 4 is 9.04 Å². The van der Waals surface area contributed by atoms with E-state index in [0.717, 1.165) is 6.04 Å². The first kappa shape index (κ1) is 5.18. The van der Waals surface area contributed by atoms with Crippen LogP contribution < -0.4 is 0 Å². The van der Waals surface area contributed by atoms with E-state index in [4.69, 9.17) is 4.80 Å². The van der Waals surface area contributed by atoms with Gasteiger partial charge in [-0.15, -0.1) is 0 Å². The lowest BCUT2D eigenvalue weighted by Crippen LogP contribution is -1.99. The minimum atomic E-state index is -1.15. The van der Waals surface area contributed by atoms with Gasteiger partial charge < -0.3 is 4.80 Å². The molecule has 5 heavy (non-hydrogen) atoms. The number of rotatable bonds is 1. The second kappa shape index (κ2) is 2.42. The topological polar surface area (TPSA) is 20.2 Å². The summed E-state index contributed by atoms with van der Waals surface area (Å²) in [6, 6.07) is 1.00. The van der Waals surface area contributed by atoms with E-state index in [1.165, 1.54) is 0 Å². The molecule has 0 aliphatic carbocycles. The normalized spacial score (nSPS) is 15.0. The van der Waals surface area contributed by atoms with Gasteiger partial charge in [0.05, 0.1) is 0 Å². The average molecular weight is 90.2 g/mol. The van der Waals surface area contributed by atoms with Crippen LogP contribution in [0.1, 0.15) is 6.92 Å². The fourth-order valence-electron chi connectivity index (χ4n) is 0. The molecule has 0 radical (unpaired) electrons. The van der Waals surface area contributed by atoms with E-state index in [9.17, 15) is 0 Å². The Labute approximate surface area is 34.4 Å². The van der Waals surface area contributed by atoms with Crippen LogP contribution in [0.2, 0.25) is 12.6 Å². The van der Waals surface area contributed by atoms with E-state index >= 15 is 0 Å². The van der Waals surface area contributed by atoms with Gasteiger partial charge in [-0.25, -0.2) is 0 Å². The summed E-state index contributed by atoms with van der Waals surface area (Å²) >= 11 is 0. The van der Waals surface area contributed by atoms with Crippen LogP contribution in [0.4, 0.5) is 0 Å². The lowest BCUT2D eigenvalue weighted by atomic mass is 11.0. The fourth-order valence-corrected chi connectivity index (χ4v) is 0. The summed E-state index contributed by atoms with van der Waals surface area (Å²) in [5.41, 5.74) is 0. The minimum Gasteiger partial charge on any atom is -0.435 e. The molecule has 1 N–H and O–H groups in total. The third-order valence-corrected chi connectivity index (χ3v) is 1.77. The monoisotopic (exact) mass is 90.1 g/mol.